The minimum Gasteiger partial charge on any atom is -0.480 e. The van der Waals surface area contributed by atoms with Crippen molar-refractivity contribution in [3.05, 3.63) is 0 Å². The number of carboxylic acids is 1. The second-order valence-electron chi connectivity index (χ2n) is 6.37. The molecule has 0 aromatic heterocycles. The van der Waals surface area contributed by atoms with Crippen molar-refractivity contribution in [1.29, 1.82) is 0 Å². The molecule has 0 radical (unpaired) electrons. The average Bonchev–Trinajstić information content (AvgIpc) is 2.73. The first-order valence-corrected chi connectivity index (χ1v) is 7.09. The van der Waals surface area contributed by atoms with Crippen molar-refractivity contribution in [2.45, 2.75) is 58.9 Å². The van der Waals surface area contributed by atoms with Gasteiger partial charge in [0.25, 0.3) is 0 Å². The third kappa shape index (κ3) is 5.49. The number of aliphatic carboxylic acids is 1. The molecule has 5 heteroatoms. The molecule has 0 bridgehead atoms. The fourth-order valence-electron chi connectivity index (χ4n) is 2.60. The van der Waals surface area contributed by atoms with Crippen LogP contribution in [-0.4, -0.2) is 29.7 Å². The van der Waals surface area contributed by atoms with Gasteiger partial charge in [-0.25, -0.2) is 9.59 Å². The van der Waals surface area contributed by atoms with Gasteiger partial charge in [0, 0.05) is 6.54 Å². The first kappa shape index (κ1) is 15.8. The van der Waals surface area contributed by atoms with Crippen LogP contribution in [0.4, 0.5) is 4.79 Å². The van der Waals surface area contributed by atoms with Crippen molar-refractivity contribution in [3.63, 3.8) is 0 Å². The van der Waals surface area contributed by atoms with E-state index >= 15 is 0 Å². The van der Waals surface area contributed by atoms with E-state index in [0.29, 0.717) is 13.0 Å². The number of hydrogen-bond donors (Lipinski definition) is 3. The standard InChI is InChI=1S/C14H26N2O3/c1-10(2)8-11(12(17)18)16-13(19)15-9-14(3)6-4-5-7-14/h10-11H,4-9H2,1-3H3,(H,17,18)(H2,15,16,19). The van der Waals surface area contributed by atoms with E-state index < -0.39 is 12.0 Å². The maximum atomic E-state index is 11.8. The maximum Gasteiger partial charge on any atom is 0.326 e. The third-order valence-corrected chi connectivity index (χ3v) is 3.80. The smallest absolute Gasteiger partial charge is 0.326 e. The third-order valence-electron chi connectivity index (χ3n) is 3.80. The predicted molar refractivity (Wildman–Crippen MR) is 74.0 cm³/mol. The van der Waals surface area contributed by atoms with Crippen molar-refractivity contribution in [2.24, 2.45) is 11.3 Å². The SMILES string of the molecule is CC(C)CC(NC(=O)NCC1(C)CCCC1)C(=O)O. The molecule has 1 saturated carbocycles. The Labute approximate surface area is 115 Å². The molecule has 0 aromatic carbocycles. The van der Waals surface area contributed by atoms with E-state index in [1.165, 1.54) is 12.8 Å². The normalized spacial score (nSPS) is 19.2. The van der Waals surface area contributed by atoms with Gasteiger partial charge >= 0.3 is 12.0 Å². The van der Waals surface area contributed by atoms with Crippen LogP contribution in [-0.2, 0) is 4.79 Å². The van der Waals surface area contributed by atoms with Crippen LogP contribution >= 0.6 is 0 Å². The van der Waals surface area contributed by atoms with Gasteiger partial charge in [0.2, 0.25) is 0 Å². The zero-order chi connectivity index (χ0) is 14.5. The fraction of sp³-hybridized carbons (Fsp3) is 0.857. The molecular formula is C14H26N2O3. The molecule has 1 rings (SSSR count). The van der Waals surface area contributed by atoms with Crippen LogP contribution in [0.2, 0.25) is 0 Å². The Balaban J connectivity index is 2.38. The molecule has 5 nitrogen and oxygen atoms in total. The number of carbonyl (C=O) groups excluding carboxylic acids is 1. The Morgan fingerprint density at radius 2 is 1.84 bits per heavy atom. The lowest BCUT2D eigenvalue weighted by atomic mass is 9.89. The van der Waals surface area contributed by atoms with Crippen LogP contribution < -0.4 is 10.6 Å². The highest BCUT2D eigenvalue weighted by atomic mass is 16.4. The number of nitrogens with one attached hydrogen (secondary N) is 2. The Bertz CT molecular complexity index is 323. The van der Waals surface area contributed by atoms with E-state index in [1.54, 1.807) is 0 Å². The average molecular weight is 270 g/mol. The van der Waals surface area contributed by atoms with E-state index in [4.69, 9.17) is 5.11 Å². The van der Waals surface area contributed by atoms with Crippen LogP contribution in [0.15, 0.2) is 0 Å². The Morgan fingerprint density at radius 3 is 2.32 bits per heavy atom. The summed E-state index contributed by atoms with van der Waals surface area (Å²) in [5, 5.41) is 14.4. The Hall–Kier alpha value is -1.26. The monoisotopic (exact) mass is 270 g/mol. The van der Waals surface area contributed by atoms with E-state index in [1.807, 2.05) is 13.8 Å². The molecule has 110 valence electrons. The number of carbonyl (C=O) groups is 2. The molecule has 3 N–H and O–H groups in total. The van der Waals surface area contributed by atoms with E-state index in [9.17, 15) is 9.59 Å². The zero-order valence-electron chi connectivity index (χ0n) is 12.2. The summed E-state index contributed by atoms with van der Waals surface area (Å²) in [4.78, 5) is 22.8. The van der Waals surface area contributed by atoms with Crippen molar-refractivity contribution in [2.75, 3.05) is 6.54 Å². The molecule has 2 amide bonds. The van der Waals surface area contributed by atoms with Gasteiger partial charge in [-0.2, -0.15) is 0 Å². The van der Waals surface area contributed by atoms with Gasteiger partial charge in [-0.1, -0.05) is 33.6 Å². The minimum atomic E-state index is -0.976. The molecular weight excluding hydrogens is 244 g/mol. The summed E-state index contributed by atoms with van der Waals surface area (Å²) in [6, 6.07) is -1.18. The first-order chi connectivity index (χ1) is 8.82. The molecule has 19 heavy (non-hydrogen) atoms. The molecule has 1 aliphatic carbocycles. The number of rotatable bonds is 6. The van der Waals surface area contributed by atoms with Gasteiger partial charge in [-0.05, 0) is 30.6 Å². The second-order valence-corrected chi connectivity index (χ2v) is 6.37. The van der Waals surface area contributed by atoms with Crippen LogP contribution in [0.3, 0.4) is 0 Å². The summed E-state index contributed by atoms with van der Waals surface area (Å²) in [7, 11) is 0. The van der Waals surface area contributed by atoms with E-state index in [0.717, 1.165) is 12.8 Å². The van der Waals surface area contributed by atoms with Gasteiger partial charge in [-0.15, -0.1) is 0 Å². The van der Waals surface area contributed by atoms with Crippen LogP contribution in [0.25, 0.3) is 0 Å². The van der Waals surface area contributed by atoms with Gasteiger partial charge in [0.15, 0.2) is 0 Å². The van der Waals surface area contributed by atoms with Crippen LogP contribution in [0.5, 0.6) is 0 Å². The summed E-state index contributed by atoms with van der Waals surface area (Å²) in [5.74, 6) is -0.746. The van der Waals surface area contributed by atoms with Gasteiger partial charge in [0.1, 0.15) is 6.04 Å². The highest BCUT2D eigenvalue weighted by Gasteiger charge is 2.29. The Kier molecular flexibility index (Phi) is 5.63. The highest BCUT2D eigenvalue weighted by Crippen LogP contribution is 2.36. The number of carboxylic acid groups (broad SMARTS) is 1. The molecule has 0 heterocycles. The minimum absolute atomic E-state index is 0.175. The topological polar surface area (TPSA) is 78.4 Å². The van der Waals surface area contributed by atoms with Crippen LogP contribution in [0, 0.1) is 11.3 Å². The molecule has 0 aliphatic heterocycles. The van der Waals surface area contributed by atoms with Gasteiger partial charge < -0.3 is 15.7 Å². The summed E-state index contributed by atoms with van der Waals surface area (Å²) in [6.45, 7) is 6.67. The highest BCUT2D eigenvalue weighted by molar-refractivity contribution is 5.82. The molecule has 1 fully saturated rings. The van der Waals surface area contributed by atoms with Crippen molar-refractivity contribution < 1.29 is 14.7 Å². The quantitative estimate of drug-likeness (QED) is 0.693. The van der Waals surface area contributed by atoms with E-state index in [-0.39, 0.29) is 17.4 Å². The summed E-state index contributed by atoms with van der Waals surface area (Å²) in [5.41, 5.74) is 0.175. The fourth-order valence-corrected chi connectivity index (χ4v) is 2.60. The van der Waals surface area contributed by atoms with Crippen molar-refractivity contribution >= 4 is 12.0 Å². The summed E-state index contributed by atoms with van der Waals surface area (Å²) < 4.78 is 0. The molecule has 0 saturated heterocycles. The lowest BCUT2D eigenvalue weighted by molar-refractivity contribution is -0.139. The maximum absolute atomic E-state index is 11.8. The zero-order valence-corrected chi connectivity index (χ0v) is 12.2. The van der Waals surface area contributed by atoms with Gasteiger partial charge in [-0.3, -0.25) is 0 Å². The van der Waals surface area contributed by atoms with Crippen molar-refractivity contribution in [3.8, 4) is 0 Å². The van der Waals surface area contributed by atoms with Crippen molar-refractivity contribution in [1.82, 2.24) is 10.6 Å². The molecule has 0 aromatic rings. The van der Waals surface area contributed by atoms with E-state index in [2.05, 4.69) is 17.6 Å². The largest absolute Gasteiger partial charge is 0.480 e. The predicted octanol–water partition coefficient (Wildman–Crippen LogP) is 2.37. The number of urea groups is 1. The molecule has 1 atom stereocenters. The molecule has 1 aliphatic rings. The first-order valence-electron chi connectivity index (χ1n) is 7.09. The number of amides is 2. The van der Waals surface area contributed by atoms with Gasteiger partial charge in [0.05, 0.1) is 0 Å². The lowest BCUT2D eigenvalue weighted by Gasteiger charge is -2.24. The lowest BCUT2D eigenvalue weighted by Crippen LogP contribution is -2.48. The number of hydrogen-bond acceptors (Lipinski definition) is 2. The summed E-state index contributed by atoms with van der Waals surface area (Å²) >= 11 is 0. The molecule has 1 unspecified atom stereocenters. The second kappa shape index (κ2) is 6.78. The summed E-state index contributed by atoms with van der Waals surface area (Å²) in [6.07, 6.45) is 5.12. The van der Waals surface area contributed by atoms with Crippen LogP contribution in [0.1, 0.15) is 52.9 Å². The Morgan fingerprint density at radius 1 is 1.26 bits per heavy atom. The molecule has 0 spiro atoms.